The Labute approximate surface area is 173 Å². The number of amides is 1. The van der Waals surface area contributed by atoms with Crippen molar-refractivity contribution in [3.8, 4) is 16.9 Å². The maximum atomic E-state index is 12.4. The zero-order chi connectivity index (χ0) is 20.9. The van der Waals surface area contributed by atoms with Crippen molar-refractivity contribution in [3.05, 3.63) is 96.6 Å². The number of benzene rings is 4. The molecule has 0 aliphatic carbocycles. The third kappa shape index (κ3) is 4.00. The minimum absolute atomic E-state index is 0.0196. The van der Waals surface area contributed by atoms with Gasteiger partial charge in [-0.1, -0.05) is 78.9 Å². The van der Waals surface area contributed by atoms with Crippen LogP contribution < -0.4 is 5.32 Å². The molecule has 2 N–H and O–H groups in total. The smallest absolute Gasteiger partial charge is 0.342 e. The number of fused-ring (bicyclic) bond motifs is 1. The Morgan fingerprint density at radius 2 is 1.50 bits per heavy atom. The second-order valence-electron chi connectivity index (χ2n) is 6.72. The summed E-state index contributed by atoms with van der Waals surface area (Å²) >= 11 is 0. The number of hydrogen-bond donors (Lipinski definition) is 2. The Kier molecular flexibility index (Phi) is 5.44. The summed E-state index contributed by atoms with van der Waals surface area (Å²) in [4.78, 5) is 24.8. The number of rotatable bonds is 5. The molecule has 4 aromatic rings. The molecule has 0 aliphatic rings. The van der Waals surface area contributed by atoms with Crippen LogP contribution in [0.5, 0.6) is 5.75 Å². The maximum absolute atomic E-state index is 12.4. The van der Waals surface area contributed by atoms with E-state index >= 15 is 0 Å². The largest absolute Gasteiger partial charge is 0.506 e. The Morgan fingerprint density at radius 1 is 0.800 bits per heavy atom. The first-order chi connectivity index (χ1) is 14.6. The van der Waals surface area contributed by atoms with Crippen LogP contribution in [0.3, 0.4) is 0 Å². The molecule has 0 bridgehead atoms. The van der Waals surface area contributed by atoms with Crippen LogP contribution in [0, 0.1) is 0 Å². The average molecular weight is 397 g/mol. The van der Waals surface area contributed by atoms with Crippen molar-refractivity contribution < 1.29 is 19.4 Å². The Morgan fingerprint density at radius 3 is 2.33 bits per heavy atom. The van der Waals surface area contributed by atoms with E-state index in [0.717, 1.165) is 16.5 Å². The van der Waals surface area contributed by atoms with Gasteiger partial charge in [-0.25, -0.2) is 4.79 Å². The van der Waals surface area contributed by atoms with Gasteiger partial charge in [-0.15, -0.1) is 0 Å². The summed E-state index contributed by atoms with van der Waals surface area (Å²) in [6.45, 7) is -0.464. The first kappa shape index (κ1) is 19.2. The van der Waals surface area contributed by atoms with E-state index in [9.17, 15) is 14.7 Å². The van der Waals surface area contributed by atoms with Crippen LogP contribution in [-0.4, -0.2) is 23.6 Å². The van der Waals surface area contributed by atoms with E-state index in [1.165, 1.54) is 6.07 Å². The van der Waals surface area contributed by atoms with E-state index in [2.05, 4.69) is 5.32 Å². The lowest BCUT2D eigenvalue weighted by Crippen LogP contribution is -2.21. The van der Waals surface area contributed by atoms with E-state index in [-0.39, 0.29) is 11.3 Å². The highest BCUT2D eigenvalue weighted by atomic mass is 16.5. The third-order valence-electron chi connectivity index (χ3n) is 4.74. The molecular weight excluding hydrogens is 378 g/mol. The van der Waals surface area contributed by atoms with Crippen molar-refractivity contribution in [2.45, 2.75) is 0 Å². The van der Waals surface area contributed by atoms with Gasteiger partial charge < -0.3 is 15.2 Å². The van der Waals surface area contributed by atoms with Crippen LogP contribution >= 0.6 is 0 Å². The van der Waals surface area contributed by atoms with Crippen LogP contribution in [0.1, 0.15) is 10.4 Å². The van der Waals surface area contributed by atoms with Crippen molar-refractivity contribution in [1.82, 2.24) is 0 Å². The van der Waals surface area contributed by atoms with Crippen molar-refractivity contribution in [2.24, 2.45) is 0 Å². The summed E-state index contributed by atoms with van der Waals surface area (Å²) < 4.78 is 5.13. The number of phenolic OH excluding ortho intramolecular Hbond substituents is 1. The summed E-state index contributed by atoms with van der Waals surface area (Å²) in [6.07, 6.45) is 0. The zero-order valence-electron chi connectivity index (χ0n) is 16.0. The maximum Gasteiger partial charge on any atom is 0.342 e. The van der Waals surface area contributed by atoms with E-state index in [1.807, 2.05) is 60.7 Å². The van der Waals surface area contributed by atoms with Crippen molar-refractivity contribution >= 4 is 28.3 Å². The molecule has 148 valence electrons. The van der Waals surface area contributed by atoms with Gasteiger partial charge in [0.1, 0.15) is 11.3 Å². The number of carbonyl (C=O) groups is 2. The molecule has 5 heteroatoms. The van der Waals surface area contributed by atoms with Gasteiger partial charge in [-0.3, -0.25) is 4.79 Å². The quantitative estimate of drug-likeness (QED) is 0.464. The van der Waals surface area contributed by atoms with Gasteiger partial charge in [0.05, 0.1) is 0 Å². The first-order valence-corrected chi connectivity index (χ1v) is 9.45. The summed E-state index contributed by atoms with van der Waals surface area (Å²) in [5, 5.41) is 14.5. The molecule has 1 amide bonds. The molecule has 4 rings (SSSR count). The Bertz CT molecular complexity index is 1220. The molecule has 0 heterocycles. The molecule has 0 fully saturated rings. The second-order valence-corrected chi connectivity index (χ2v) is 6.72. The van der Waals surface area contributed by atoms with Crippen LogP contribution in [0.2, 0.25) is 0 Å². The van der Waals surface area contributed by atoms with Gasteiger partial charge >= 0.3 is 5.97 Å². The predicted molar refractivity (Wildman–Crippen MR) is 116 cm³/mol. The number of phenols is 1. The normalized spacial score (nSPS) is 10.5. The fraction of sp³-hybridized carbons (Fsp3) is 0.0400. The average Bonchev–Trinajstić information content (AvgIpc) is 2.79. The number of esters is 1. The van der Waals surface area contributed by atoms with Crippen molar-refractivity contribution in [2.75, 3.05) is 11.9 Å². The molecule has 0 aromatic heterocycles. The number of hydrogen-bond acceptors (Lipinski definition) is 4. The lowest BCUT2D eigenvalue weighted by atomic mass is 10.0. The summed E-state index contributed by atoms with van der Waals surface area (Å²) in [7, 11) is 0. The SMILES string of the molecule is O=C(COC(=O)c1ccc2ccccc2c1O)Nc1ccccc1-c1ccccc1. The minimum Gasteiger partial charge on any atom is -0.506 e. The van der Waals surface area contributed by atoms with Crippen LogP contribution in [-0.2, 0) is 9.53 Å². The topological polar surface area (TPSA) is 75.6 Å². The summed E-state index contributed by atoms with van der Waals surface area (Å²) in [6, 6.07) is 27.5. The summed E-state index contributed by atoms with van der Waals surface area (Å²) in [5.41, 5.74) is 2.47. The minimum atomic E-state index is -0.759. The van der Waals surface area contributed by atoms with E-state index in [4.69, 9.17) is 4.74 Å². The van der Waals surface area contributed by atoms with Gasteiger partial charge in [0.25, 0.3) is 5.91 Å². The van der Waals surface area contributed by atoms with Crippen LogP contribution in [0.25, 0.3) is 21.9 Å². The highest BCUT2D eigenvalue weighted by Gasteiger charge is 2.17. The Hall–Kier alpha value is -4.12. The highest BCUT2D eigenvalue weighted by Crippen LogP contribution is 2.29. The highest BCUT2D eigenvalue weighted by molar-refractivity contribution is 6.02. The monoisotopic (exact) mass is 397 g/mol. The molecule has 0 spiro atoms. The second kappa shape index (κ2) is 8.49. The first-order valence-electron chi connectivity index (χ1n) is 9.45. The molecule has 0 radical (unpaired) electrons. The van der Waals surface area contributed by atoms with E-state index < -0.39 is 18.5 Å². The molecule has 0 aliphatic heterocycles. The fourth-order valence-corrected chi connectivity index (χ4v) is 3.28. The standard InChI is InChI=1S/C25H19NO4/c27-23(26-22-13-7-6-11-19(22)17-8-2-1-3-9-17)16-30-25(29)21-15-14-18-10-4-5-12-20(18)24(21)28/h1-15,28H,16H2,(H,26,27). The fourth-order valence-electron chi connectivity index (χ4n) is 3.28. The van der Waals surface area contributed by atoms with E-state index in [1.54, 1.807) is 24.3 Å². The molecule has 0 saturated heterocycles. The molecule has 0 atom stereocenters. The molecule has 30 heavy (non-hydrogen) atoms. The summed E-state index contributed by atoms with van der Waals surface area (Å²) in [5.74, 6) is -1.38. The van der Waals surface area contributed by atoms with Crippen molar-refractivity contribution in [1.29, 1.82) is 0 Å². The number of nitrogens with one attached hydrogen (secondary N) is 1. The van der Waals surface area contributed by atoms with Crippen LogP contribution in [0.4, 0.5) is 5.69 Å². The molecule has 4 aromatic carbocycles. The third-order valence-corrected chi connectivity index (χ3v) is 4.74. The molecule has 0 unspecified atom stereocenters. The number of aromatic hydroxyl groups is 1. The molecule has 5 nitrogen and oxygen atoms in total. The van der Waals surface area contributed by atoms with Gasteiger partial charge in [0, 0.05) is 16.6 Å². The Balaban J connectivity index is 1.45. The lowest BCUT2D eigenvalue weighted by Gasteiger charge is -2.12. The zero-order valence-corrected chi connectivity index (χ0v) is 16.0. The lowest BCUT2D eigenvalue weighted by molar-refractivity contribution is -0.119. The van der Waals surface area contributed by atoms with Gasteiger partial charge in [0.2, 0.25) is 0 Å². The number of para-hydroxylation sites is 1. The van der Waals surface area contributed by atoms with Gasteiger partial charge in [-0.05, 0) is 23.1 Å². The number of carbonyl (C=O) groups excluding carboxylic acids is 2. The van der Waals surface area contributed by atoms with Gasteiger partial charge in [0.15, 0.2) is 6.61 Å². The number of anilines is 1. The predicted octanol–water partition coefficient (Wildman–Crippen LogP) is 5.01. The van der Waals surface area contributed by atoms with Crippen LogP contribution in [0.15, 0.2) is 91.0 Å². The van der Waals surface area contributed by atoms with Gasteiger partial charge in [-0.2, -0.15) is 0 Å². The number of ether oxygens (including phenoxy) is 1. The van der Waals surface area contributed by atoms with E-state index in [0.29, 0.717) is 11.1 Å². The van der Waals surface area contributed by atoms with Crippen molar-refractivity contribution in [3.63, 3.8) is 0 Å². The molecular formula is C25H19NO4. The molecule has 0 saturated carbocycles.